The first kappa shape index (κ1) is 19.0. The van der Waals surface area contributed by atoms with E-state index in [0.29, 0.717) is 16.4 Å². The van der Waals surface area contributed by atoms with E-state index < -0.39 is 0 Å². The number of hydrogen-bond donors (Lipinski definition) is 2. The molecule has 28 heavy (non-hydrogen) atoms. The van der Waals surface area contributed by atoms with E-state index in [4.69, 9.17) is 20.8 Å². The summed E-state index contributed by atoms with van der Waals surface area (Å²) in [5.74, 6) is 0.0805. The van der Waals surface area contributed by atoms with Crippen LogP contribution >= 0.6 is 11.6 Å². The highest BCUT2D eigenvalue weighted by atomic mass is 35.5. The van der Waals surface area contributed by atoms with Crippen LogP contribution in [0.3, 0.4) is 0 Å². The van der Waals surface area contributed by atoms with Crippen molar-refractivity contribution in [2.45, 2.75) is 13.0 Å². The van der Waals surface area contributed by atoms with E-state index in [0.717, 1.165) is 43.8 Å². The van der Waals surface area contributed by atoms with Crippen LogP contribution in [0, 0.1) is 6.92 Å². The Balaban J connectivity index is 1.55. The first-order valence-electron chi connectivity index (χ1n) is 9.56. The summed E-state index contributed by atoms with van der Waals surface area (Å²) in [6, 6.07) is 15.3. The van der Waals surface area contributed by atoms with Crippen molar-refractivity contribution in [3.05, 3.63) is 70.4 Å². The standard InChI is InChI=1S/C22H23ClN2O3/c1-15-2-4-16(5-3-15)19(14-25-8-10-27-11-9-25)24-22(26)21-13-17-12-18(23)6-7-20(17)28-21/h2-7,12-13,19H,8-11,14H2,1H3,(H,24,26)/p+1/t19-/m0/s1. The number of amides is 1. The Bertz CT molecular complexity index is 962. The van der Waals surface area contributed by atoms with Gasteiger partial charge in [0.05, 0.1) is 13.2 Å². The van der Waals surface area contributed by atoms with Crippen LogP contribution in [0.25, 0.3) is 11.0 Å². The molecule has 1 fully saturated rings. The molecule has 0 aliphatic carbocycles. The Morgan fingerprint density at radius 2 is 1.89 bits per heavy atom. The maximum absolute atomic E-state index is 12.9. The summed E-state index contributed by atoms with van der Waals surface area (Å²) in [7, 11) is 0. The van der Waals surface area contributed by atoms with Crippen LogP contribution < -0.4 is 10.2 Å². The van der Waals surface area contributed by atoms with Crippen molar-refractivity contribution in [3.8, 4) is 0 Å². The number of quaternary nitrogens is 1. The molecule has 1 aliphatic heterocycles. The highest BCUT2D eigenvalue weighted by Gasteiger charge is 2.24. The normalized spacial score (nSPS) is 16.2. The van der Waals surface area contributed by atoms with Gasteiger partial charge in [0.15, 0.2) is 5.76 Å². The molecular formula is C22H24ClN2O3+. The Morgan fingerprint density at radius 1 is 1.14 bits per heavy atom. The molecule has 4 rings (SSSR count). The van der Waals surface area contributed by atoms with Crippen molar-refractivity contribution in [1.29, 1.82) is 0 Å². The fourth-order valence-electron chi connectivity index (χ4n) is 3.56. The zero-order valence-electron chi connectivity index (χ0n) is 15.8. The maximum atomic E-state index is 12.9. The summed E-state index contributed by atoms with van der Waals surface area (Å²) in [5.41, 5.74) is 2.94. The van der Waals surface area contributed by atoms with Crippen LogP contribution in [-0.4, -0.2) is 38.8 Å². The second-order valence-corrected chi connectivity index (χ2v) is 7.73. The van der Waals surface area contributed by atoms with E-state index in [2.05, 4.69) is 36.5 Å². The quantitative estimate of drug-likeness (QED) is 0.693. The van der Waals surface area contributed by atoms with Gasteiger partial charge in [0, 0.05) is 10.4 Å². The van der Waals surface area contributed by atoms with Crippen LogP contribution in [0.4, 0.5) is 0 Å². The summed E-state index contributed by atoms with van der Waals surface area (Å²) >= 11 is 6.04. The smallest absolute Gasteiger partial charge is 0.287 e. The van der Waals surface area contributed by atoms with Gasteiger partial charge >= 0.3 is 0 Å². The average Bonchev–Trinajstić information content (AvgIpc) is 3.12. The van der Waals surface area contributed by atoms with Gasteiger partial charge in [0.25, 0.3) is 5.91 Å². The molecule has 2 N–H and O–H groups in total. The average molecular weight is 400 g/mol. The van der Waals surface area contributed by atoms with Crippen molar-refractivity contribution in [1.82, 2.24) is 5.32 Å². The predicted molar refractivity (Wildman–Crippen MR) is 109 cm³/mol. The molecule has 2 heterocycles. The lowest BCUT2D eigenvalue weighted by molar-refractivity contribution is -0.909. The molecule has 1 aliphatic rings. The van der Waals surface area contributed by atoms with Crippen molar-refractivity contribution in [2.24, 2.45) is 0 Å². The van der Waals surface area contributed by atoms with Gasteiger partial charge in [-0.3, -0.25) is 4.79 Å². The van der Waals surface area contributed by atoms with Crippen molar-refractivity contribution in [2.75, 3.05) is 32.8 Å². The highest BCUT2D eigenvalue weighted by Crippen LogP contribution is 2.23. The Hall–Kier alpha value is -2.34. The molecule has 1 aromatic heterocycles. The number of ether oxygens (including phenoxy) is 1. The fourth-order valence-corrected chi connectivity index (χ4v) is 3.74. The van der Waals surface area contributed by atoms with Gasteiger partial charge in [-0.1, -0.05) is 41.4 Å². The summed E-state index contributed by atoms with van der Waals surface area (Å²) in [6.07, 6.45) is 0. The minimum Gasteiger partial charge on any atom is -0.451 e. The summed E-state index contributed by atoms with van der Waals surface area (Å²) < 4.78 is 11.2. The zero-order valence-corrected chi connectivity index (χ0v) is 16.6. The number of hydrogen-bond acceptors (Lipinski definition) is 3. The van der Waals surface area contributed by atoms with E-state index in [9.17, 15) is 4.79 Å². The van der Waals surface area contributed by atoms with Crippen LogP contribution in [0.15, 0.2) is 52.9 Å². The lowest BCUT2D eigenvalue weighted by Crippen LogP contribution is -3.14. The number of morpholine rings is 1. The largest absolute Gasteiger partial charge is 0.451 e. The van der Waals surface area contributed by atoms with Crippen LogP contribution in [0.5, 0.6) is 0 Å². The van der Waals surface area contributed by atoms with Gasteiger partial charge < -0.3 is 19.4 Å². The number of carbonyl (C=O) groups excluding carboxylic acids is 1. The number of halogens is 1. The molecule has 146 valence electrons. The zero-order chi connectivity index (χ0) is 19.5. The number of nitrogens with one attached hydrogen (secondary N) is 2. The van der Waals surface area contributed by atoms with Gasteiger partial charge in [-0.25, -0.2) is 0 Å². The van der Waals surface area contributed by atoms with Crippen molar-refractivity contribution in [3.63, 3.8) is 0 Å². The lowest BCUT2D eigenvalue weighted by atomic mass is 10.0. The third-order valence-electron chi connectivity index (χ3n) is 5.18. The molecule has 5 nitrogen and oxygen atoms in total. The van der Waals surface area contributed by atoms with Gasteiger partial charge in [-0.2, -0.15) is 0 Å². The van der Waals surface area contributed by atoms with Crippen LogP contribution in [-0.2, 0) is 4.74 Å². The van der Waals surface area contributed by atoms with E-state index in [1.165, 1.54) is 10.5 Å². The molecule has 2 aromatic carbocycles. The minimum absolute atomic E-state index is 0.0991. The molecule has 0 spiro atoms. The Labute approximate surface area is 169 Å². The molecule has 6 heteroatoms. The third-order valence-corrected chi connectivity index (χ3v) is 5.41. The summed E-state index contributed by atoms with van der Waals surface area (Å²) in [5, 5.41) is 4.61. The summed E-state index contributed by atoms with van der Waals surface area (Å²) in [6.45, 7) is 6.28. The number of rotatable bonds is 5. The van der Waals surface area contributed by atoms with E-state index in [-0.39, 0.29) is 11.9 Å². The van der Waals surface area contributed by atoms with Crippen molar-refractivity contribution < 1.29 is 18.8 Å². The highest BCUT2D eigenvalue weighted by molar-refractivity contribution is 6.31. The SMILES string of the molecule is Cc1ccc([C@H](C[NH+]2CCOCC2)NC(=O)c2cc3cc(Cl)ccc3o2)cc1. The molecule has 0 radical (unpaired) electrons. The maximum Gasteiger partial charge on any atom is 0.287 e. The van der Waals surface area contributed by atoms with Crippen LogP contribution in [0.2, 0.25) is 5.02 Å². The first-order chi connectivity index (χ1) is 13.6. The topological polar surface area (TPSA) is 55.9 Å². The van der Waals surface area contributed by atoms with Crippen LogP contribution in [0.1, 0.15) is 27.7 Å². The third kappa shape index (κ3) is 4.38. The van der Waals surface area contributed by atoms with Crippen molar-refractivity contribution >= 4 is 28.5 Å². The lowest BCUT2D eigenvalue weighted by Gasteiger charge is -2.28. The van der Waals surface area contributed by atoms with Gasteiger partial charge in [0.1, 0.15) is 31.3 Å². The molecule has 0 unspecified atom stereocenters. The first-order valence-corrected chi connectivity index (χ1v) is 9.94. The monoisotopic (exact) mass is 399 g/mol. The Kier molecular flexibility index (Phi) is 5.67. The molecular weight excluding hydrogens is 376 g/mol. The molecule has 3 aromatic rings. The molecule has 1 amide bonds. The number of benzene rings is 2. The number of carbonyl (C=O) groups is 1. The molecule has 0 bridgehead atoms. The molecule has 1 atom stereocenters. The number of furan rings is 1. The number of fused-ring (bicyclic) bond motifs is 1. The molecule has 1 saturated heterocycles. The van der Waals surface area contributed by atoms with E-state index in [1.807, 2.05) is 0 Å². The summed E-state index contributed by atoms with van der Waals surface area (Å²) in [4.78, 5) is 14.3. The predicted octanol–water partition coefficient (Wildman–Crippen LogP) is 2.78. The van der Waals surface area contributed by atoms with Gasteiger partial charge in [-0.05, 0) is 36.8 Å². The van der Waals surface area contributed by atoms with E-state index >= 15 is 0 Å². The number of aryl methyl sites for hydroxylation is 1. The second-order valence-electron chi connectivity index (χ2n) is 7.30. The van der Waals surface area contributed by atoms with Gasteiger partial charge in [0.2, 0.25) is 0 Å². The fraction of sp³-hybridized carbons (Fsp3) is 0.318. The minimum atomic E-state index is -0.217. The molecule has 0 saturated carbocycles. The Morgan fingerprint density at radius 3 is 2.64 bits per heavy atom. The van der Waals surface area contributed by atoms with E-state index in [1.54, 1.807) is 24.3 Å². The van der Waals surface area contributed by atoms with Gasteiger partial charge in [-0.15, -0.1) is 0 Å². The second kappa shape index (κ2) is 8.35.